The Kier molecular flexibility index (Phi) is 4.43. The Morgan fingerprint density at radius 3 is 2.92 bits per heavy atom. The number of nitro groups is 1. The summed E-state index contributed by atoms with van der Waals surface area (Å²) >= 11 is 5.12. The van der Waals surface area contributed by atoms with Crippen LogP contribution in [0.1, 0.15) is 5.56 Å². The molecule has 3 aromatic rings. The Morgan fingerprint density at radius 2 is 2.17 bits per heavy atom. The fourth-order valence-electron chi connectivity index (χ4n) is 2.01. The molecule has 0 saturated carbocycles. The van der Waals surface area contributed by atoms with Crippen molar-refractivity contribution in [1.29, 1.82) is 0 Å². The minimum atomic E-state index is -0.433. The van der Waals surface area contributed by atoms with Crippen LogP contribution < -0.4 is 0 Å². The second-order valence-electron chi connectivity index (χ2n) is 4.58. The molecule has 0 amide bonds. The molecule has 0 aliphatic rings. The van der Waals surface area contributed by atoms with E-state index < -0.39 is 4.92 Å². The lowest BCUT2D eigenvalue weighted by Crippen LogP contribution is -1.93. The van der Waals surface area contributed by atoms with E-state index in [1.807, 2.05) is 0 Å². The molecular formula is C15H11N5O3S. The molecule has 24 heavy (non-hydrogen) atoms. The fourth-order valence-corrected chi connectivity index (χ4v) is 2.19. The van der Waals surface area contributed by atoms with Gasteiger partial charge in [-0.25, -0.2) is 5.10 Å². The standard InChI is InChI=1S/C15H11N5O3S/c21-20(22)12-7-2-1-5-11(12)6-3-9-16-19-14(17-18-15(19)24)13-8-4-10-23-13/h1-10H,(H,18,24)/b6-3+,16-9+. The number of hydrogen-bond acceptors (Lipinski definition) is 6. The van der Waals surface area contributed by atoms with Crippen LogP contribution in [-0.4, -0.2) is 26.0 Å². The second kappa shape index (κ2) is 6.84. The number of aromatic nitrogens is 3. The average molecular weight is 341 g/mol. The first-order valence-corrected chi connectivity index (χ1v) is 7.23. The number of furan rings is 1. The summed E-state index contributed by atoms with van der Waals surface area (Å²) in [5, 5.41) is 21.8. The Labute approximate surface area is 140 Å². The highest BCUT2D eigenvalue weighted by Gasteiger charge is 2.10. The lowest BCUT2D eigenvalue weighted by atomic mass is 10.2. The van der Waals surface area contributed by atoms with Crippen molar-refractivity contribution < 1.29 is 9.34 Å². The summed E-state index contributed by atoms with van der Waals surface area (Å²) in [6.45, 7) is 0. The molecule has 0 fully saturated rings. The maximum atomic E-state index is 11.0. The topological polar surface area (TPSA) is 102 Å². The predicted octanol–water partition coefficient (Wildman–Crippen LogP) is 3.66. The minimum Gasteiger partial charge on any atom is -0.461 e. The highest BCUT2D eigenvalue weighted by molar-refractivity contribution is 7.71. The van der Waals surface area contributed by atoms with E-state index in [9.17, 15) is 10.1 Å². The molecule has 1 N–H and O–H groups in total. The monoisotopic (exact) mass is 341 g/mol. The molecule has 0 saturated heterocycles. The first-order chi connectivity index (χ1) is 11.7. The molecular weight excluding hydrogens is 330 g/mol. The van der Waals surface area contributed by atoms with Crippen LogP contribution in [-0.2, 0) is 0 Å². The van der Waals surface area contributed by atoms with Gasteiger partial charge < -0.3 is 4.42 Å². The van der Waals surface area contributed by atoms with E-state index in [1.165, 1.54) is 23.2 Å². The zero-order valence-corrected chi connectivity index (χ0v) is 13.0. The van der Waals surface area contributed by atoms with Crippen LogP contribution >= 0.6 is 12.2 Å². The number of nitro benzene ring substituents is 1. The fraction of sp³-hybridized carbons (Fsp3) is 0. The van der Waals surface area contributed by atoms with Gasteiger partial charge in [-0.3, -0.25) is 10.1 Å². The molecule has 0 atom stereocenters. The average Bonchev–Trinajstić information content (AvgIpc) is 3.22. The molecule has 8 nitrogen and oxygen atoms in total. The van der Waals surface area contributed by atoms with Gasteiger partial charge in [-0.15, -0.1) is 5.10 Å². The summed E-state index contributed by atoms with van der Waals surface area (Å²) in [6, 6.07) is 9.91. The van der Waals surface area contributed by atoms with Crippen LogP contribution in [0.5, 0.6) is 0 Å². The van der Waals surface area contributed by atoms with Gasteiger partial charge in [-0.1, -0.05) is 12.1 Å². The van der Waals surface area contributed by atoms with Gasteiger partial charge in [-0.05, 0) is 42.6 Å². The van der Waals surface area contributed by atoms with Crippen LogP contribution in [0.2, 0.25) is 0 Å². The van der Waals surface area contributed by atoms with Gasteiger partial charge in [0, 0.05) is 12.3 Å². The summed E-state index contributed by atoms with van der Waals surface area (Å²) in [7, 11) is 0. The predicted molar refractivity (Wildman–Crippen MR) is 91.1 cm³/mol. The summed E-state index contributed by atoms with van der Waals surface area (Å²) in [4.78, 5) is 10.5. The third-order valence-corrected chi connectivity index (χ3v) is 3.33. The molecule has 0 unspecified atom stereocenters. The Bertz CT molecular complexity index is 969. The van der Waals surface area contributed by atoms with E-state index in [-0.39, 0.29) is 5.69 Å². The Hall–Kier alpha value is -3.33. The van der Waals surface area contributed by atoms with E-state index in [0.717, 1.165) is 0 Å². The Morgan fingerprint density at radius 1 is 1.33 bits per heavy atom. The van der Waals surface area contributed by atoms with Gasteiger partial charge >= 0.3 is 0 Å². The van der Waals surface area contributed by atoms with Gasteiger partial charge in [0.25, 0.3) is 5.69 Å². The first-order valence-electron chi connectivity index (χ1n) is 6.82. The van der Waals surface area contributed by atoms with Crippen LogP contribution in [0.4, 0.5) is 5.69 Å². The smallest absolute Gasteiger partial charge is 0.276 e. The zero-order valence-electron chi connectivity index (χ0n) is 12.2. The van der Waals surface area contributed by atoms with Crippen LogP contribution in [0.25, 0.3) is 17.7 Å². The molecule has 9 heteroatoms. The molecule has 0 bridgehead atoms. The molecule has 120 valence electrons. The van der Waals surface area contributed by atoms with Gasteiger partial charge in [-0.2, -0.15) is 9.78 Å². The Balaban J connectivity index is 1.85. The van der Waals surface area contributed by atoms with Crippen molar-refractivity contribution in [3.63, 3.8) is 0 Å². The number of aromatic amines is 1. The lowest BCUT2D eigenvalue weighted by molar-refractivity contribution is -0.385. The van der Waals surface area contributed by atoms with E-state index in [4.69, 9.17) is 16.6 Å². The van der Waals surface area contributed by atoms with Crippen molar-refractivity contribution in [1.82, 2.24) is 14.9 Å². The highest BCUT2D eigenvalue weighted by atomic mass is 32.1. The van der Waals surface area contributed by atoms with Gasteiger partial charge in [0.1, 0.15) is 0 Å². The largest absolute Gasteiger partial charge is 0.461 e. The van der Waals surface area contributed by atoms with E-state index >= 15 is 0 Å². The third kappa shape index (κ3) is 3.20. The number of nitrogens with zero attached hydrogens (tertiary/aromatic N) is 4. The number of H-pyrrole nitrogens is 1. The zero-order chi connectivity index (χ0) is 16.9. The van der Waals surface area contributed by atoms with Crippen LogP contribution in [0, 0.1) is 14.9 Å². The first kappa shape index (κ1) is 15.6. The van der Waals surface area contributed by atoms with E-state index in [2.05, 4.69) is 15.3 Å². The minimum absolute atomic E-state index is 0.0262. The molecule has 0 aliphatic carbocycles. The lowest BCUT2D eigenvalue weighted by Gasteiger charge is -1.96. The number of benzene rings is 1. The van der Waals surface area contributed by atoms with Gasteiger partial charge in [0.05, 0.1) is 16.7 Å². The van der Waals surface area contributed by atoms with Crippen LogP contribution in [0.3, 0.4) is 0 Å². The highest BCUT2D eigenvalue weighted by Crippen LogP contribution is 2.19. The summed E-state index contributed by atoms with van der Waals surface area (Å²) in [5.41, 5.74) is 0.509. The SMILES string of the molecule is O=[N+]([O-])c1ccccc1/C=C/C=N/n1c(-c2ccco2)n[nH]c1=S. The van der Waals surface area contributed by atoms with Gasteiger partial charge in [0.15, 0.2) is 5.76 Å². The maximum Gasteiger partial charge on any atom is 0.276 e. The molecule has 0 radical (unpaired) electrons. The van der Waals surface area contributed by atoms with Crippen molar-refractivity contribution in [3.05, 3.63) is 69.2 Å². The summed E-state index contributed by atoms with van der Waals surface area (Å²) in [6.07, 6.45) is 6.17. The van der Waals surface area contributed by atoms with Crippen molar-refractivity contribution in [2.24, 2.45) is 5.10 Å². The number of rotatable bonds is 5. The molecule has 3 rings (SSSR count). The molecule has 0 aliphatic heterocycles. The van der Waals surface area contributed by atoms with Crippen molar-refractivity contribution >= 4 is 30.2 Å². The maximum absolute atomic E-state index is 11.0. The normalized spacial score (nSPS) is 11.5. The second-order valence-corrected chi connectivity index (χ2v) is 4.97. The summed E-state index contributed by atoms with van der Waals surface area (Å²) in [5.74, 6) is 0.947. The molecule has 1 aromatic carbocycles. The van der Waals surface area contributed by atoms with Crippen molar-refractivity contribution in [2.45, 2.75) is 0 Å². The molecule has 0 spiro atoms. The third-order valence-electron chi connectivity index (χ3n) is 3.07. The van der Waals surface area contributed by atoms with Crippen LogP contribution in [0.15, 0.2) is 58.3 Å². The number of para-hydroxylation sites is 1. The number of nitrogens with one attached hydrogen (secondary N) is 1. The van der Waals surface area contributed by atoms with Crippen molar-refractivity contribution in [2.75, 3.05) is 0 Å². The summed E-state index contributed by atoms with van der Waals surface area (Å²) < 4.78 is 6.98. The van der Waals surface area contributed by atoms with E-state index in [1.54, 1.807) is 42.5 Å². The quantitative estimate of drug-likeness (QED) is 0.330. The van der Waals surface area contributed by atoms with E-state index in [0.29, 0.717) is 21.9 Å². The number of hydrogen-bond donors (Lipinski definition) is 1. The van der Waals surface area contributed by atoms with Gasteiger partial charge in [0.2, 0.25) is 10.6 Å². The molecule has 2 heterocycles. The molecule has 2 aromatic heterocycles. The van der Waals surface area contributed by atoms with Crippen molar-refractivity contribution in [3.8, 4) is 11.6 Å². The number of allylic oxidation sites excluding steroid dienone is 1.